The molecule has 1 fully saturated rings. The molecule has 2 aliphatic rings. The summed E-state index contributed by atoms with van der Waals surface area (Å²) >= 11 is 0. The van der Waals surface area contributed by atoms with Crippen LogP contribution < -0.4 is 0 Å². The third-order valence-electron chi connectivity index (χ3n) is 5.24. The van der Waals surface area contributed by atoms with Crippen LogP contribution in [0.25, 0.3) is 0 Å². The molecule has 2 heterocycles. The van der Waals surface area contributed by atoms with Gasteiger partial charge in [-0.25, -0.2) is 0 Å². The molecule has 2 aliphatic heterocycles. The van der Waals surface area contributed by atoms with Crippen molar-refractivity contribution in [1.29, 1.82) is 0 Å². The standard InChI is InChI=1S/C19H28N2O/c1-16(20-12-7-3-2-4-8-13-20)19(22)21-14-11-17-9-5-6-10-18(17)15-21/h5-6,9-10,16H,2-4,7-8,11-15H2,1H3. The van der Waals surface area contributed by atoms with Crippen molar-refractivity contribution < 1.29 is 4.79 Å². The molecule has 1 aromatic rings. The summed E-state index contributed by atoms with van der Waals surface area (Å²) in [7, 11) is 0. The minimum absolute atomic E-state index is 0.0309. The van der Waals surface area contributed by atoms with E-state index in [0.29, 0.717) is 5.91 Å². The molecule has 1 atom stereocenters. The summed E-state index contributed by atoms with van der Waals surface area (Å²) in [4.78, 5) is 17.4. The normalized spacial score (nSPS) is 21.6. The third kappa shape index (κ3) is 3.52. The summed E-state index contributed by atoms with van der Waals surface area (Å²) in [6.45, 7) is 5.92. The maximum Gasteiger partial charge on any atom is 0.239 e. The Bertz CT molecular complexity index is 506. The van der Waals surface area contributed by atoms with Gasteiger partial charge in [0.25, 0.3) is 0 Å². The zero-order valence-electron chi connectivity index (χ0n) is 13.8. The fourth-order valence-corrected chi connectivity index (χ4v) is 3.76. The molecule has 0 radical (unpaired) electrons. The van der Waals surface area contributed by atoms with Crippen LogP contribution in [0.2, 0.25) is 0 Å². The number of fused-ring (bicyclic) bond motifs is 1. The molecule has 0 aliphatic carbocycles. The molecule has 1 saturated heterocycles. The Morgan fingerprint density at radius 1 is 0.955 bits per heavy atom. The van der Waals surface area contributed by atoms with Gasteiger partial charge in [-0.05, 0) is 50.4 Å². The summed E-state index contributed by atoms with van der Waals surface area (Å²) in [5.41, 5.74) is 2.73. The number of hydrogen-bond acceptors (Lipinski definition) is 2. The van der Waals surface area contributed by atoms with Crippen molar-refractivity contribution in [3.63, 3.8) is 0 Å². The van der Waals surface area contributed by atoms with Crippen molar-refractivity contribution >= 4 is 5.91 Å². The van der Waals surface area contributed by atoms with E-state index in [1.54, 1.807) is 0 Å². The number of carbonyl (C=O) groups is 1. The average molecular weight is 300 g/mol. The molecule has 0 aromatic heterocycles. The Hall–Kier alpha value is -1.35. The topological polar surface area (TPSA) is 23.6 Å². The van der Waals surface area contributed by atoms with Crippen molar-refractivity contribution in [2.24, 2.45) is 0 Å². The molecule has 0 N–H and O–H groups in total. The monoisotopic (exact) mass is 300 g/mol. The summed E-state index contributed by atoms with van der Waals surface area (Å²) < 4.78 is 0. The largest absolute Gasteiger partial charge is 0.337 e. The lowest BCUT2D eigenvalue weighted by molar-refractivity contribution is -0.137. The second-order valence-electron chi connectivity index (χ2n) is 6.76. The Kier molecular flexibility index (Phi) is 5.14. The van der Waals surface area contributed by atoms with E-state index in [1.807, 2.05) is 0 Å². The molecule has 0 bridgehead atoms. The Morgan fingerprint density at radius 3 is 2.32 bits per heavy atom. The maximum absolute atomic E-state index is 12.9. The fraction of sp³-hybridized carbons (Fsp3) is 0.632. The first kappa shape index (κ1) is 15.5. The predicted molar refractivity (Wildman–Crippen MR) is 89.7 cm³/mol. The number of benzene rings is 1. The third-order valence-corrected chi connectivity index (χ3v) is 5.24. The van der Waals surface area contributed by atoms with Gasteiger partial charge in [-0.2, -0.15) is 0 Å². The fourth-order valence-electron chi connectivity index (χ4n) is 3.76. The molecule has 1 aromatic carbocycles. The zero-order valence-corrected chi connectivity index (χ0v) is 13.8. The van der Waals surface area contributed by atoms with Crippen LogP contribution in [0.15, 0.2) is 24.3 Å². The molecule has 3 rings (SSSR count). The lowest BCUT2D eigenvalue weighted by atomic mass is 9.99. The van der Waals surface area contributed by atoms with E-state index < -0.39 is 0 Å². The van der Waals surface area contributed by atoms with Crippen molar-refractivity contribution in [3.8, 4) is 0 Å². The number of carbonyl (C=O) groups excluding carboxylic acids is 1. The van der Waals surface area contributed by atoms with Crippen LogP contribution in [0.4, 0.5) is 0 Å². The van der Waals surface area contributed by atoms with E-state index in [9.17, 15) is 4.79 Å². The molecular formula is C19H28N2O. The van der Waals surface area contributed by atoms with Gasteiger partial charge in [0.1, 0.15) is 0 Å². The van der Waals surface area contributed by atoms with Crippen LogP contribution in [0.1, 0.15) is 50.2 Å². The number of amides is 1. The number of likely N-dealkylation sites (tertiary alicyclic amines) is 1. The van der Waals surface area contributed by atoms with Gasteiger partial charge in [-0.3, -0.25) is 9.69 Å². The first-order chi connectivity index (χ1) is 10.8. The van der Waals surface area contributed by atoms with Crippen LogP contribution in [0.3, 0.4) is 0 Å². The zero-order chi connectivity index (χ0) is 15.4. The molecule has 0 spiro atoms. The van der Waals surface area contributed by atoms with Gasteiger partial charge in [-0.15, -0.1) is 0 Å². The van der Waals surface area contributed by atoms with Crippen LogP contribution in [0.5, 0.6) is 0 Å². The number of rotatable bonds is 2. The number of nitrogens with zero attached hydrogens (tertiary/aromatic N) is 2. The summed E-state index contributed by atoms with van der Waals surface area (Å²) in [6.07, 6.45) is 7.46. The predicted octanol–water partition coefficient (Wildman–Crippen LogP) is 3.23. The highest BCUT2D eigenvalue weighted by Crippen LogP contribution is 2.21. The second-order valence-corrected chi connectivity index (χ2v) is 6.76. The summed E-state index contributed by atoms with van der Waals surface area (Å²) in [6, 6.07) is 8.56. The van der Waals surface area contributed by atoms with E-state index in [2.05, 4.69) is 41.0 Å². The highest BCUT2D eigenvalue weighted by Gasteiger charge is 2.28. The van der Waals surface area contributed by atoms with E-state index in [4.69, 9.17) is 0 Å². The quantitative estimate of drug-likeness (QED) is 0.837. The summed E-state index contributed by atoms with van der Waals surface area (Å²) in [5.74, 6) is 0.315. The van der Waals surface area contributed by atoms with E-state index in [0.717, 1.165) is 32.6 Å². The van der Waals surface area contributed by atoms with Crippen molar-refractivity contribution in [2.75, 3.05) is 19.6 Å². The molecule has 1 amide bonds. The van der Waals surface area contributed by atoms with Gasteiger partial charge in [-0.1, -0.05) is 43.5 Å². The van der Waals surface area contributed by atoms with E-state index >= 15 is 0 Å². The molecule has 1 unspecified atom stereocenters. The molecule has 22 heavy (non-hydrogen) atoms. The minimum Gasteiger partial charge on any atom is -0.337 e. The van der Waals surface area contributed by atoms with Gasteiger partial charge >= 0.3 is 0 Å². The SMILES string of the molecule is CC(C(=O)N1CCc2ccccc2C1)N1CCCCCCC1. The molecule has 0 saturated carbocycles. The lowest BCUT2D eigenvalue weighted by Gasteiger charge is -2.36. The van der Waals surface area contributed by atoms with Crippen LogP contribution in [-0.4, -0.2) is 41.4 Å². The Morgan fingerprint density at radius 2 is 1.59 bits per heavy atom. The first-order valence-electron chi connectivity index (χ1n) is 8.85. The number of hydrogen-bond donors (Lipinski definition) is 0. The second kappa shape index (κ2) is 7.28. The van der Waals surface area contributed by atoms with Crippen LogP contribution in [-0.2, 0) is 17.8 Å². The lowest BCUT2D eigenvalue weighted by Crippen LogP contribution is -2.49. The van der Waals surface area contributed by atoms with Crippen molar-refractivity contribution in [1.82, 2.24) is 9.80 Å². The van der Waals surface area contributed by atoms with Crippen molar-refractivity contribution in [3.05, 3.63) is 35.4 Å². The highest BCUT2D eigenvalue weighted by atomic mass is 16.2. The minimum atomic E-state index is 0.0309. The van der Waals surface area contributed by atoms with Gasteiger partial charge in [0, 0.05) is 13.1 Å². The van der Waals surface area contributed by atoms with Crippen LogP contribution in [0, 0.1) is 0 Å². The summed E-state index contributed by atoms with van der Waals surface area (Å²) in [5, 5.41) is 0. The molecule has 120 valence electrons. The smallest absolute Gasteiger partial charge is 0.239 e. The average Bonchev–Trinajstić information content (AvgIpc) is 2.53. The Balaban J connectivity index is 1.63. The first-order valence-corrected chi connectivity index (χ1v) is 8.85. The molecule has 3 nitrogen and oxygen atoms in total. The molecule has 3 heteroatoms. The van der Waals surface area contributed by atoms with Crippen LogP contribution >= 0.6 is 0 Å². The highest BCUT2D eigenvalue weighted by molar-refractivity contribution is 5.81. The van der Waals surface area contributed by atoms with E-state index in [-0.39, 0.29) is 6.04 Å². The maximum atomic E-state index is 12.9. The molecular weight excluding hydrogens is 272 g/mol. The van der Waals surface area contributed by atoms with Gasteiger partial charge in [0.05, 0.1) is 6.04 Å². The van der Waals surface area contributed by atoms with Gasteiger partial charge in [0.2, 0.25) is 5.91 Å². The van der Waals surface area contributed by atoms with Crippen molar-refractivity contribution in [2.45, 2.75) is 58.0 Å². The Labute approximate surface area is 134 Å². The van der Waals surface area contributed by atoms with Gasteiger partial charge < -0.3 is 4.90 Å². The van der Waals surface area contributed by atoms with Gasteiger partial charge in [0.15, 0.2) is 0 Å². The van der Waals surface area contributed by atoms with E-state index in [1.165, 1.54) is 43.2 Å².